The van der Waals surface area contributed by atoms with E-state index in [-0.39, 0.29) is 12.4 Å². The molecule has 2 heterocycles. The van der Waals surface area contributed by atoms with Gasteiger partial charge in [-0.25, -0.2) is 4.98 Å². The Bertz CT molecular complexity index is 1220. The molecule has 0 aliphatic carbocycles. The first-order valence-corrected chi connectivity index (χ1v) is 10.9. The van der Waals surface area contributed by atoms with Crippen molar-refractivity contribution in [2.24, 2.45) is 0 Å². The second-order valence-electron chi connectivity index (χ2n) is 7.19. The van der Waals surface area contributed by atoms with Crippen molar-refractivity contribution in [1.82, 2.24) is 15.0 Å². The van der Waals surface area contributed by atoms with Gasteiger partial charge in [0.1, 0.15) is 11.5 Å². The molecule has 0 radical (unpaired) electrons. The molecule has 0 bridgehead atoms. The van der Waals surface area contributed by atoms with Crippen molar-refractivity contribution in [1.29, 1.82) is 0 Å². The molecule has 0 amide bonds. The van der Waals surface area contributed by atoms with Gasteiger partial charge < -0.3 is 14.5 Å². The van der Waals surface area contributed by atoms with Crippen LogP contribution >= 0.6 is 11.8 Å². The molecule has 0 saturated carbocycles. The molecule has 31 heavy (non-hydrogen) atoms. The number of benzene rings is 2. The van der Waals surface area contributed by atoms with Crippen LogP contribution in [0.1, 0.15) is 22.4 Å². The third kappa shape index (κ3) is 4.88. The number of imidazole rings is 1. The summed E-state index contributed by atoms with van der Waals surface area (Å²) in [6, 6.07) is 15.0. The van der Waals surface area contributed by atoms with Crippen molar-refractivity contribution >= 4 is 28.8 Å². The van der Waals surface area contributed by atoms with Gasteiger partial charge in [-0.2, -0.15) is 0 Å². The van der Waals surface area contributed by atoms with E-state index in [0.29, 0.717) is 11.5 Å². The number of fused-ring (bicyclic) bond motifs is 1. The molecule has 0 saturated heterocycles. The Hall–Kier alpha value is -3.32. The number of hydrogen-bond acceptors (Lipinski definition) is 6. The lowest BCUT2D eigenvalue weighted by Gasteiger charge is -2.11. The van der Waals surface area contributed by atoms with Crippen molar-refractivity contribution < 1.29 is 14.3 Å². The SMILES string of the molecule is COc1c(C)cnc(CSc2nc3cc(OC(=O)Cc4ccccc4)ccc3[nH]2)c1C. The maximum absolute atomic E-state index is 12.2. The van der Waals surface area contributed by atoms with Gasteiger partial charge in [0.25, 0.3) is 0 Å². The number of carbonyl (C=O) groups is 1. The molecule has 0 fully saturated rings. The zero-order chi connectivity index (χ0) is 21.8. The van der Waals surface area contributed by atoms with Crippen LogP contribution in [0.3, 0.4) is 0 Å². The lowest BCUT2D eigenvalue weighted by atomic mass is 10.1. The number of hydrogen-bond donors (Lipinski definition) is 1. The molecule has 0 spiro atoms. The molecule has 7 heteroatoms. The fourth-order valence-electron chi connectivity index (χ4n) is 3.38. The van der Waals surface area contributed by atoms with E-state index in [2.05, 4.69) is 15.0 Å². The molecular formula is C24H23N3O3S. The van der Waals surface area contributed by atoms with E-state index in [0.717, 1.165) is 44.3 Å². The lowest BCUT2D eigenvalue weighted by molar-refractivity contribution is -0.133. The zero-order valence-corrected chi connectivity index (χ0v) is 18.5. The normalized spacial score (nSPS) is 10.9. The summed E-state index contributed by atoms with van der Waals surface area (Å²) in [7, 11) is 1.68. The smallest absolute Gasteiger partial charge is 0.315 e. The van der Waals surface area contributed by atoms with Crippen LogP contribution in [-0.2, 0) is 17.0 Å². The minimum absolute atomic E-state index is 0.229. The number of aromatic nitrogens is 3. The van der Waals surface area contributed by atoms with E-state index in [1.807, 2.05) is 56.4 Å². The number of thioether (sulfide) groups is 1. The highest BCUT2D eigenvalue weighted by Crippen LogP contribution is 2.29. The monoisotopic (exact) mass is 433 g/mol. The van der Waals surface area contributed by atoms with E-state index in [1.54, 1.807) is 31.0 Å². The van der Waals surface area contributed by atoms with Crippen LogP contribution < -0.4 is 9.47 Å². The Morgan fingerprint density at radius 2 is 1.94 bits per heavy atom. The number of ether oxygens (including phenoxy) is 2. The van der Waals surface area contributed by atoms with Gasteiger partial charge in [0.05, 0.1) is 30.3 Å². The van der Waals surface area contributed by atoms with Gasteiger partial charge in [-0.05, 0) is 31.5 Å². The Kier molecular flexibility index (Phi) is 6.23. The predicted molar refractivity (Wildman–Crippen MR) is 122 cm³/mol. The Labute approximate surface area is 185 Å². The summed E-state index contributed by atoms with van der Waals surface area (Å²) in [5, 5.41) is 0.781. The minimum Gasteiger partial charge on any atom is -0.496 e. The summed E-state index contributed by atoms with van der Waals surface area (Å²) in [6.07, 6.45) is 2.06. The number of rotatable bonds is 7. The minimum atomic E-state index is -0.300. The van der Waals surface area contributed by atoms with Gasteiger partial charge in [0, 0.05) is 29.1 Å². The van der Waals surface area contributed by atoms with Crippen LogP contribution in [0.4, 0.5) is 0 Å². The number of pyridine rings is 1. The molecule has 0 unspecified atom stereocenters. The molecule has 6 nitrogen and oxygen atoms in total. The van der Waals surface area contributed by atoms with E-state index >= 15 is 0 Å². The summed E-state index contributed by atoms with van der Waals surface area (Å²) in [5.41, 5.74) is 5.58. The first-order valence-electron chi connectivity index (χ1n) is 9.89. The highest BCUT2D eigenvalue weighted by Gasteiger charge is 2.12. The third-order valence-electron chi connectivity index (χ3n) is 4.95. The van der Waals surface area contributed by atoms with E-state index < -0.39 is 0 Å². The molecule has 4 rings (SSSR count). The summed E-state index contributed by atoms with van der Waals surface area (Å²) in [6.45, 7) is 4.00. The Balaban J connectivity index is 1.44. The molecule has 1 N–H and O–H groups in total. The number of aromatic amines is 1. The number of carbonyl (C=O) groups excluding carboxylic acids is 1. The molecular weight excluding hydrogens is 410 g/mol. The van der Waals surface area contributed by atoms with Crippen molar-refractivity contribution in [2.45, 2.75) is 31.2 Å². The largest absolute Gasteiger partial charge is 0.496 e. The summed E-state index contributed by atoms with van der Waals surface area (Å²) in [4.78, 5) is 24.7. The molecule has 2 aromatic carbocycles. The average Bonchev–Trinajstić information content (AvgIpc) is 3.16. The lowest BCUT2D eigenvalue weighted by Crippen LogP contribution is -2.11. The van der Waals surface area contributed by atoms with Gasteiger partial charge in [0.2, 0.25) is 0 Å². The molecule has 0 aliphatic rings. The van der Waals surface area contributed by atoms with Crippen molar-refractivity contribution in [2.75, 3.05) is 7.11 Å². The van der Waals surface area contributed by atoms with E-state index in [4.69, 9.17) is 9.47 Å². The number of aryl methyl sites for hydroxylation is 1. The Morgan fingerprint density at radius 3 is 2.71 bits per heavy atom. The quantitative estimate of drug-likeness (QED) is 0.250. The zero-order valence-electron chi connectivity index (χ0n) is 17.6. The van der Waals surface area contributed by atoms with Crippen molar-refractivity contribution in [3.05, 3.63) is 77.1 Å². The van der Waals surface area contributed by atoms with Crippen molar-refractivity contribution in [3.63, 3.8) is 0 Å². The van der Waals surface area contributed by atoms with Crippen LogP contribution in [0.5, 0.6) is 11.5 Å². The number of H-pyrrole nitrogens is 1. The number of methoxy groups -OCH3 is 1. The molecule has 0 atom stereocenters. The van der Waals surface area contributed by atoms with Crippen LogP contribution in [0.2, 0.25) is 0 Å². The van der Waals surface area contributed by atoms with Crippen molar-refractivity contribution in [3.8, 4) is 11.5 Å². The first kappa shape index (κ1) is 20.9. The van der Waals surface area contributed by atoms with Gasteiger partial charge in [-0.1, -0.05) is 42.1 Å². The Morgan fingerprint density at radius 1 is 1.13 bits per heavy atom. The number of esters is 1. The fraction of sp³-hybridized carbons (Fsp3) is 0.208. The average molecular weight is 434 g/mol. The van der Waals surface area contributed by atoms with E-state index in [1.165, 1.54) is 0 Å². The fourth-order valence-corrected chi connectivity index (χ4v) is 4.29. The molecule has 2 aromatic heterocycles. The first-order chi connectivity index (χ1) is 15.0. The van der Waals surface area contributed by atoms with Gasteiger partial charge in [-0.3, -0.25) is 9.78 Å². The summed E-state index contributed by atoms with van der Waals surface area (Å²) >= 11 is 1.57. The second-order valence-corrected chi connectivity index (χ2v) is 8.16. The highest BCUT2D eigenvalue weighted by atomic mass is 32.2. The van der Waals surface area contributed by atoms with Gasteiger partial charge >= 0.3 is 5.97 Å². The van der Waals surface area contributed by atoms with Gasteiger partial charge in [0.15, 0.2) is 5.16 Å². The molecule has 0 aliphatic heterocycles. The maximum atomic E-state index is 12.2. The number of nitrogens with one attached hydrogen (secondary N) is 1. The predicted octanol–water partition coefficient (Wildman–Crippen LogP) is 5.02. The van der Waals surface area contributed by atoms with E-state index in [9.17, 15) is 4.79 Å². The maximum Gasteiger partial charge on any atom is 0.315 e. The number of nitrogens with zero attached hydrogens (tertiary/aromatic N) is 2. The van der Waals surface area contributed by atoms with Crippen LogP contribution in [0.15, 0.2) is 59.9 Å². The topological polar surface area (TPSA) is 77.1 Å². The second kappa shape index (κ2) is 9.22. The highest BCUT2D eigenvalue weighted by molar-refractivity contribution is 7.98. The third-order valence-corrected chi connectivity index (χ3v) is 5.84. The van der Waals surface area contributed by atoms with Crippen LogP contribution in [0, 0.1) is 13.8 Å². The summed E-state index contributed by atoms with van der Waals surface area (Å²) < 4.78 is 11.0. The van der Waals surface area contributed by atoms with Gasteiger partial charge in [-0.15, -0.1) is 0 Å². The standard InChI is InChI=1S/C24H23N3O3S/c1-15-13-25-21(16(2)23(15)29-3)14-31-24-26-19-10-9-18(12-20(19)27-24)30-22(28)11-17-7-5-4-6-8-17/h4-10,12-13H,11,14H2,1-3H3,(H,26,27). The van der Waals surface area contributed by atoms with Crippen LogP contribution in [-0.4, -0.2) is 28.0 Å². The molecule has 158 valence electrons. The summed E-state index contributed by atoms with van der Waals surface area (Å²) in [5.74, 6) is 1.72. The van der Waals surface area contributed by atoms with Crippen LogP contribution in [0.25, 0.3) is 11.0 Å². The molecule has 4 aromatic rings.